The van der Waals surface area contributed by atoms with E-state index in [0.29, 0.717) is 13.0 Å². The van der Waals surface area contributed by atoms with Crippen LogP contribution in [0, 0.1) is 0 Å². The van der Waals surface area contributed by atoms with Crippen LogP contribution in [0.3, 0.4) is 0 Å². The maximum Gasteiger partial charge on any atom is 0.410 e. The molecule has 0 saturated carbocycles. The molecule has 2 N–H and O–H groups in total. The number of aliphatic carboxylic acids is 1. The van der Waals surface area contributed by atoms with Gasteiger partial charge >= 0.3 is 12.1 Å². The van der Waals surface area contributed by atoms with Crippen molar-refractivity contribution in [2.45, 2.75) is 31.4 Å². The Morgan fingerprint density at radius 3 is 2.82 bits per heavy atom. The van der Waals surface area contributed by atoms with E-state index < -0.39 is 24.2 Å². The lowest BCUT2D eigenvalue weighted by atomic mass is 9.98. The van der Waals surface area contributed by atoms with Crippen molar-refractivity contribution in [3.63, 3.8) is 0 Å². The van der Waals surface area contributed by atoms with Gasteiger partial charge in [0.25, 0.3) is 0 Å². The zero-order valence-corrected chi connectivity index (χ0v) is 9.54. The van der Waals surface area contributed by atoms with E-state index in [-0.39, 0.29) is 6.61 Å². The smallest absolute Gasteiger partial charge is 0.410 e. The Balaban J connectivity index is 2.68. The number of piperidine rings is 1. The quantitative estimate of drug-likeness (QED) is 0.706. The van der Waals surface area contributed by atoms with E-state index >= 15 is 0 Å². The van der Waals surface area contributed by atoms with Gasteiger partial charge in [0.05, 0.1) is 6.04 Å². The molecule has 6 heteroatoms. The van der Waals surface area contributed by atoms with Crippen LogP contribution >= 0.6 is 0 Å². The van der Waals surface area contributed by atoms with Crippen LogP contribution in [-0.2, 0) is 9.53 Å². The topological polar surface area (TPSA) is 87.1 Å². The largest absolute Gasteiger partial charge is 0.479 e. The molecule has 1 amide bonds. The van der Waals surface area contributed by atoms with Crippen molar-refractivity contribution in [2.75, 3.05) is 13.2 Å². The van der Waals surface area contributed by atoms with Gasteiger partial charge in [0.15, 0.2) is 6.10 Å². The van der Waals surface area contributed by atoms with E-state index in [0.717, 1.165) is 12.8 Å². The van der Waals surface area contributed by atoms with Crippen LogP contribution in [-0.4, -0.2) is 52.5 Å². The molecule has 0 aromatic heterocycles. The van der Waals surface area contributed by atoms with E-state index in [9.17, 15) is 14.7 Å². The summed E-state index contributed by atoms with van der Waals surface area (Å²) in [5, 5.41) is 18.3. The van der Waals surface area contributed by atoms with Crippen LogP contribution in [0.1, 0.15) is 19.3 Å². The fourth-order valence-electron chi connectivity index (χ4n) is 1.89. The van der Waals surface area contributed by atoms with E-state index in [1.54, 1.807) is 0 Å². The number of hydrogen-bond acceptors (Lipinski definition) is 4. The lowest BCUT2D eigenvalue weighted by Crippen LogP contribution is -2.52. The molecular formula is C11H17NO5. The minimum absolute atomic E-state index is 0.0746. The van der Waals surface area contributed by atoms with Crippen LogP contribution in [0.5, 0.6) is 0 Å². The number of carboxylic acids is 1. The van der Waals surface area contributed by atoms with Crippen LogP contribution < -0.4 is 0 Å². The van der Waals surface area contributed by atoms with E-state index in [1.807, 2.05) is 0 Å². The molecule has 0 radical (unpaired) electrons. The Hall–Kier alpha value is -1.56. The van der Waals surface area contributed by atoms with E-state index in [4.69, 9.17) is 9.84 Å². The van der Waals surface area contributed by atoms with Gasteiger partial charge in [0.1, 0.15) is 6.61 Å². The van der Waals surface area contributed by atoms with E-state index in [2.05, 4.69) is 6.58 Å². The number of carbonyl (C=O) groups excluding carboxylic acids is 1. The molecule has 1 saturated heterocycles. The number of amides is 1. The first kappa shape index (κ1) is 13.5. The molecule has 2 unspecified atom stereocenters. The molecule has 1 aliphatic rings. The number of ether oxygens (including phenoxy) is 1. The fourth-order valence-corrected chi connectivity index (χ4v) is 1.89. The summed E-state index contributed by atoms with van der Waals surface area (Å²) in [5.74, 6) is -1.32. The van der Waals surface area contributed by atoms with E-state index in [1.165, 1.54) is 11.0 Å². The summed E-state index contributed by atoms with van der Waals surface area (Å²) < 4.78 is 4.86. The summed E-state index contributed by atoms with van der Waals surface area (Å²) in [6.07, 6.45) is 1.31. The van der Waals surface area contributed by atoms with Gasteiger partial charge in [-0.05, 0) is 19.3 Å². The second-order valence-electron chi connectivity index (χ2n) is 3.91. The van der Waals surface area contributed by atoms with Crippen LogP contribution in [0.4, 0.5) is 4.79 Å². The summed E-state index contributed by atoms with van der Waals surface area (Å²) in [6.45, 7) is 3.90. The number of carbonyl (C=O) groups is 2. The Labute approximate surface area is 99.5 Å². The second-order valence-corrected chi connectivity index (χ2v) is 3.91. The first-order valence-corrected chi connectivity index (χ1v) is 5.53. The zero-order chi connectivity index (χ0) is 12.8. The van der Waals surface area contributed by atoms with Crippen LogP contribution in [0.25, 0.3) is 0 Å². The summed E-state index contributed by atoms with van der Waals surface area (Å²) in [7, 11) is 0. The highest BCUT2D eigenvalue weighted by Gasteiger charge is 2.36. The fraction of sp³-hybridized carbons (Fsp3) is 0.636. The standard InChI is InChI=1S/C11H17NO5/c1-2-7-17-11(16)12-6-4-3-5-8(12)9(13)10(14)15/h2,8-9,13H,1,3-7H2,(H,14,15). The van der Waals surface area contributed by atoms with Gasteiger partial charge in [0, 0.05) is 6.54 Å². The molecule has 1 aliphatic heterocycles. The molecule has 0 spiro atoms. The maximum atomic E-state index is 11.6. The Morgan fingerprint density at radius 2 is 2.24 bits per heavy atom. The number of likely N-dealkylation sites (tertiary alicyclic amines) is 1. The monoisotopic (exact) mass is 243 g/mol. The van der Waals surface area contributed by atoms with Gasteiger partial charge in [-0.2, -0.15) is 0 Å². The van der Waals surface area contributed by atoms with Gasteiger partial charge < -0.3 is 19.8 Å². The zero-order valence-electron chi connectivity index (χ0n) is 9.54. The molecule has 1 heterocycles. The first-order chi connectivity index (χ1) is 8.07. The number of aliphatic hydroxyl groups excluding tert-OH is 1. The lowest BCUT2D eigenvalue weighted by molar-refractivity contribution is -0.150. The van der Waals surface area contributed by atoms with Gasteiger partial charge in [0.2, 0.25) is 0 Å². The van der Waals surface area contributed by atoms with Gasteiger partial charge in [-0.25, -0.2) is 9.59 Å². The average Bonchev–Trinajstić information content (AvgIpc) is 2.34. The Bertz CT molecular complexity index is 304. The predicted octanol–water partition coefficient (Wildman–Crippen LogP) is 0.609. The van der Waals surface area contributed by atoms with Crippen molar-refractivity contribution in [1.29, 1.82) is 0 Å². The third-order valence-corrected chi connectivity index (χ3v) is 2.73. The number of nitrogens with zero attached hydrogens (tertiary/aromatic N) is 1. The predicted molar refractivity (Wildman–Crippen MR) is 59.5 cm³/mol. The van der Waals surface area contributed by atoms with Crippen molar-refractivity contribution in [1.82, 2.24) is 4.90 Å². The third kappa shape index (κ3) is 3.45. The van der Waals surface area contributed by atoms with Crippen molar-refractivity contribution < 1.29 is 24.5 Å². The molecule has 0 aromatic carbocycles. The highest BCUT2D eigenvalue weighted by molar-refractivity contribution is 5.75. The summed E-state index contributed by atoms with van der Waals surface area (Å²) in [4.78, 5) is 23.7. The molecule has 17 heavy (non-hydrogen) atoms. The number of rotatable bonds is 4. The molecular weight excluding hydrogens is 226 g/mol. The SMILES string of the molecule is C=CCOC(=O)N1CCCCC1C(O)C(=O)O. The minimum atomic E-state index is -1.56. The Kier molecular flexibility index (Phi) is 4.96. The Morgan fingerprint density at radius 1 is 1.53 bits per heavy atom. The number of carboxylic acid groups (broad SMARTS) is 1. The number of aliphatic hydroxyl groups is 1. The lowest BCUT2D eigenvalue weighted by Gasteiger charge is -2.36. The average molecular weight is 243 g/mol. The second kappa shape index (κ2) is 6.24. The highest BCUT2D eigenvalue weighted by Crippen LogP contribution is 2.21. The molecule has 2 atom stereocenters. The maximum absolute atomic E-state index is 11.6. The van der Waals surface area contributed by atoms with Crippen molar-refractivity contribution >= 4 is 12.1 Å². The molecule has 96 valence electrons. The minimum Gasteiger partial charge on any atom is -0.479 e. The van der Waals surface area contributed by atoms with Crippen LogP contribution in [0.2, 0.25) is 0 Å². The highest BCUT2D eigenvalue weighted by atomic mass is 16.6. The summed E-state index contributed by atoms with van der Waals surface area (Å²) in [5.41, 5.74) is 0. The van der Waals surface area contributed by atoms with Gasteiger partial charge in [-0.3, -0.25) is 0 Å². The molecule has 0 aliphatic carbocycles. The molecule has 6 nitrogen and oxygen atoms in total. The van der Waals surface area contributed by atoms with Gasteiger partial charge in [-0.1, -0.05) is 12.7 Å². The molecule has 0 bridgehead atoms. The molecule has 1 fully saturated rings. The number of hydrogen-bond donors (Lipinski definition) is 2. The van der Waals surface area contributed by atoms with Crippen molar-refractivity contribution in [3.8, 4) is 0 Å². The normalized spacial score (nSPS) is 21.7. The summed E-state index contributed by atoms with van der Waals surface area (Å²) in [6, 6.07) is -0.710. The summed E-state index contributed by atoms with van der Waals surface area (Å²) >= 11 is 0. The van der Waals surface area contributed by atoms with Crippen molar-refractivity contribution in [2.24, 2.45) is 0 Å². The third-order valence-electron chi connectivity index (χ3n) is 2.73. The van der Waals surface area contributed by atoms with Gasteiger partial charge in [-0.15, -0.1) is 0 Å². The molecule has 1 rings (SSSR count). The van der Waals surface area contributed by atoms with Crippen molar-refractivity contribution in [3.05, 3.63) is 12.7 Å². The molecule has 0 aromatic rings. The first-order valence-electron chi connectivity index (χ1n) is 5.53. The van der Waals surface area contributed by atoms with Crippen LogP contribution in [0.15, 0.2) is 12.7 Å².